The molecule has 1 aliphatic heterocycles. The summed E-state index contributed by atoms with van der Waals surface area (Å²) >= 11 is 0. The van der Waals surface area contributed by atoms with Crippen LogP contribution in [0.4, 0.5) is 9.18 Å². The standard InChI is InChI=1S/C19H30FN3O2/c1-15(2)13-17(23-9-11-25-12-10-23)14-22-19(24)21-8-7-16-5-3-4-6-18(16)20/h3-6,15,17H,7-14H2,1-2H3,(H2,21,22,24). The number of morpholine rings is 1. The average Bonchev–Trinajstić information content (AvgIpc) is 2.61. The van der Waals surface area contributed by atoms with Gasteiger partial charge < -0.3 is 15.4 Å². The lowest BCUT2D eigenvalue weighted by atomic mass is 10.0. The Morgan fingerprint density at radius 1 is 1.24 bits per heavy atom. The average molecular weight is 351 g/mol. The largest absolute Gasteiger partial charge is 0.379 e. The van der Waals surface area contributed by atoms with Gasteiger partial charge in [0, 0.05) is 32.2 Å². The fourth-order valence-electron chi connectivity index (χ4n) is 3.13. The van der Waals surface area contributed by atoms with Gasteiger partial charge in [-0.2, -0.15) is 0 Å². The molecule has 0 aliphatic carbocycles. The Hall–Kier alpha value is -1.66. The third kappa shape index (κ3) is 7.00. The quantitative estimate of drug-likeness (QED) is 0.756. The zero-order valence-corrected chi connectivity index (χ0v) is 15.3. The maximum Gasteiger partial charge on any atom is 0.314 e. The Bertz CT molecular complexity index is 533. The van der Waals surface area contributed by atoms with Gasteiger partial charge >= 0.3 is 6.03 Å². The van der Waals surface area contributed by atoms with E-state index in [9.17, 15) is 9.18 Å². The number of amides is 2. The van der Waals surface area contributed by atoms with Crippen LogP contribution in [0.1, 0.15) is 25.8 Å². The van der Waals surface area contributed by atoms with Crippen LogP contribution in [0.15, 0.2) is 24.3 Å². The monoisotopic (exact) mass is 351 g/mol. The number of ether oxygens (including phenoxy) is 1. The summed E-state index contributed by atoms with van der Waals surface area (Å²) in [4.78, 5) is 14.4. The Morgan fingerprint density at radius 2 is 1.96 bits per heavy atom. The van der Waals surface area contributed by atoms with Crippen LogP contribution < -0.4 is 10.6 Å². The van der Waals surface area contributed by atoms with Crippen LogP contribution in [-0.4, -0.2) is 56.4 Å². The molecule has 0 spiro atoms. The van der Waals surface area contributed by atoms with Crippen LogP contribution in [0.25, 0.3) is 0 Å². The predicted molar refractivity (Wildman–Crippen MR) is 97.1 cm³/mol. The lowest BCUT2D eigenvalue weighted by Gasteiger charge is -2.35. The second-order valence-corrected chi connectivity index (χ2v) is 6.91. The number of halogens is 1. The molecular formula is C19H30FN3O2. The molecule has 1 saturated heterocycles. The first kappa shape index (κ1) is 19.7. The van der Waals surface area contributed by atoms with E-state index in [2.05, 4.69) is 29.4 Å². The SMILES string of the molecule is CC(C)CC(CNC(=O)NCCc1ccccc1F)N1CCOCC1. The number of carbonyl (C=O) groups excluding carboxylic acids is 1. The lowest BCUT2D eigenvalue weighted by molar-refractivity contribution is 0.0129. The molecule has 1 aliphatic rings. The molecule has 6 heteroatoms. The maximum atomic E-state index is 13.6. The molecule has 1 heterocycles. The molecule has 1 aromatic rings. The number of rotatable bonds is 8. The fraction of sp³-hybridized carbons (Fsp3) is 0.632. The molecule has 0 aromatic heterocycles. The smallest absolute Gasteiger partial charge is 0.314 e. The van der Waals surface area contributed by atoms with Crippen molar-refractivity contribution in [3.63, 3.8) is 0 Å². The molecule has 2 rings (SSSR count). The van der Waals surface area contributed by atoms with Crippen LogP contribution in [0.5, 0.6) is 0 Å². The molecule has 0 saturated carbocycles. The van der Waals surface area contributed by atoms with Gasteiger partial charge in [-0.15, -0.1) is 0 Å². The van der Waals surface area contributed by atoms with Crippen molar-refractivity contribution < 1.29 is 13.9 Å². The first-order chi connectivity index (χ1) is 12.1. The summed E-state index contributed by atoms with van der Waals surface area (Å²) in [5.41, 5.74) is 0.619. The van der Waals surface area contributed by atoms with Crippen molar-refractivity contribution in [2.24, 2.45) is 5.92 Å². The third-order valence-corrected chi connectivity index (χ3v) is 4.44. The predicted octanol–water partition coefficient (Wildman–Crippen LogP) is 2.41. The zero-order chi connectivity index (χ0) is 18.1. The van der Waals surface area contributed by atoms with Crippen LogP contribution in [-0.2, 0) is 11.2 Å². The number of nitrogens with one attached hydrogen (secondary N) is 2. The van der Waals surface area contributed by atoms with Gasteiger partial charge in [0.2, 0.25) is 0 Å². The normalized spacial score (nSPS) is 16.6. The summed E-state index contributed by atoms with van der Waals surface area (Å²) in [6.07, 6.45) is 1.52. The van der Waals surface area contributed by atoms with Crippen molar-refractivity contribution in [2.75, 3.05) is 39.4 Å². The number of carbonyl (C=O) groups is 1. The van der Waals surface area contributed by atoms with Gasteiger partial charge in [0.25, 0.3) is 0 Å². The number of hydrogen-bond donors (Lipinski definition) is 2. The van der Waals surface area contributed by atoms with Crippen molar-refractivity contribution in [3.05, 3.63) is 35.6 Å². The fourth-order valence-corrected chi connectivity index (χ4v) is 3.13. The number of nitrogens with zero attached hydrogens (tertiary/aromatic N) is 1. The van der Waals surface area contributed by atoms with E-state index in [4.69, 9.17) is 4.74 Å². The van der Waals surface area contributed by atoms with Crippen molar-refractivity contribution >= 4 is 6.03 Å². The van der Waals surface area contributed by atoms with E-state index in [1.165, 1.54) is 6.07 Å². The summed E-state index contributed by atoms with van der Waals surface area (Å²) < 4.78 is 19.0. The number of hydrogen-bond acceptors (Lipinski definition) is 3. The van der Waals surface area contributed by atoms with Crippen LogP contribution >= 0.6 is 0 Å². The molecule has 2 N–H and O–H groups in total. The Kier molecular flexibility index (Phi) is 8.15. The molecule has 1 atom stereocenters. The first-order valence-electron chi connectivity index (χ1n) is 9.13. The van der Waals surface area contributed by atoms with Gasteiger partial charge in [0.05, 0.1) is 13.2 Å². The highest BCUT2D eigenvalue weighted by Gasteiger charge is 2.22. The van der Waals surface area contributed by atoms with E-state index in [-0.39, 0.29) is 11.8 Å². The van der Waals surface area contributed by atoms with Crippen molar-refractivity contribution in [1.29, 1.82) is 0 Å². The third-order valence-electron chi connectivity index (χ3n) is 4.44. The highest BCUT2D eigenvalue weighted by atomic mass is 19.1. The van der Waals surface area contributed by atoms with Crippen molar-refractivity contribution in [2.45, 2.75) is 32.7 Å². The van der Waals surface area contributed by atoms with Gasteiger partial charge in [0.1, 0.15) is 5.82 Å². The lowest BCUT2D eigenvalue weighted by Crippen LogP contribution is -2.50. The van der Waals surface area contributed by atoms with E-state index in [0.717, 1.165) is 32.7 Å². The topological polar surface area (TPSA) is 53.6 Å². The minimum Gasteiger partial charge on any atom is -0.379 e. The van der Waals surface area contributed by atoms with E-state index in [1.54, 1.807) is 18.2 Å². The summed E-state index contributed by atoms with van der Waals surface area (Å²) in [7, 11) is 0. The van der Waals surface area contributed by atoms with Gasteiger partial charge in [-0.05, 0) is 30.4 Å². The highest BCUT2D eigenvalue weighted by Crippen LogP contribution is 2.13. The van der Waals surface area contributed by atoms with Gasteiger partial charge in [-0.3, -0.25) is 4.90 Å². The van der Waals surface area contributed by atoms with Gasteiger partial charge in [-0.25, -0.2) is 9.18 Å². The summed E-state index contributed by atoms with van der Waals surface area (Å²) in [5, 5.41) is 5.77. The zero-order valence-electron chi connectivity index (χ0n) is 15.3. The van der Waals surface area contributed by atoms with Crippen LogP contribution in [0, 0.1) is 11.7 Å². The van der Waals surface area contributed by atoms with Gasteiger partial charge in [-0.1, -0.05) is 32.0 Å². The Labute approximate surface area is 149 Å². The van der Waals surface area contributed by atoms with Crippen LogP contribution in [0.2, 0.25) is 0 Å². The first-order valence-corrected chi connectivity index (χ1v) is 9.13. The summed E-state index contributed by atoms with van der Waals surface area (Å²) in [6, 6.07) is 6.77. The minimum absolute atomic E-state index is 0.196. The molecule has 140 valence electrons. The molecule has 0 bridgehead atoms. The van der Waals surface area contributed by atoms with E-state index >= 15 is 0 Å². The molecule has 1 aromatic carbocycles. The Morgan fingerprint density at radius 3 is 2.64 bits per heavy atom. The van der Waals surface area contributed by atoms with E-state index < -0.39 is 0 Å². The molecule has 1 fully saturated rings. The minimum atomic E-state index is -0.228. The summed E-state index contributed by atoms with van der Waals surface area (Å²) in [6.45, 7) is 8.75. The van der Waals surface area contributed by atoms with E-state index in [0.29, 0.717) is 37.0 Å². The molecule has 2 amide bonds. The second-order valence-electron chi connectivity index (χ2n) is 6.91. The Balaban J connectivity index is 1.73. The van der Waals surface area contributed by atoms with Crippen molar-refractivity contribution in [3.8, 4) is 0 Å². The van der Waals surface area contributed by atoms with Gasteiger partial charge in [0.15, 0.2) is 0 Å². The maximum absolute atomic E-state index is 13.6. The van der Waals surface area contributed by atoms with Crippen molar-refractivity contribution in [1.82, 2.24) is 15.5 Å². The second kappa shape index (κ2) is 10.4. The van der Waals surface area contributed by atoms with Crippen LogP contribution in [0.3, 0.4) is 0 Å². The molecule has 5 nitrogen and oxygen atoms in total. The highest BCUT2D eigenvalue weighted by molar-refractivity contribution is 5.73. The number of benzene rings is 1. The molecular weight excluding hydrogens is 321 g/mol. The summed E-state index contributed by atoms with van der Waals surface area (Å²) in [5.74, 6) is 0.341. The molecule has 1 unspecified atom stereocenters. The van der Waals surface area contributed by atoms with E-state index in [1.807, 2.05) is 0 Å². The molecule has 25 heavy (non-hydrogen) atoms. The number of urea groups is 1. The molecule has 0 radical (unpaired) electrons.